The van der Waals surface area contributed by atoms with Crippen LogP contribution in [0.5, 0.6) is 0 Å². The highest BCUT2D eigenvalue weighted by Gasteiger charge is 2.27. The van der Waals surface area contributed by atoms with Gasteiger partial charge >= 0.3 is 0 Å². The molecule has 0 radical (unpaired) electrons. The second-order valence-electron chi connectivity index (χ2n) is 8.72. The van der Waals surface area contributed by atoms with Crippen molar-refractivity contribution in [1.82, 2.24) is 19.4 Å². The van der Waals surface area contributed by atoms with Gasteiger partial charge in [-0.3, -0.25) is 9.69 Å². The molecule has 8 heteroatoms. The average Bonchev–Trinajstić information content (AvgIpc) is 2.85. The van der Waals surface area contributed by atoms with E-state index < -0.39 is 10.0 Å². The number of carbonyl (C=O) groups excluding carboxylic acids is 1. The van der Waals surface area contributed by atoms with Crippen molar-refractivity contribution in [3.8, 4) is 11.1 Å². The molecule has 0 atom stereocenters. The van der Waals surface area contributed by atoms with E-state index in [-0.39, 0.29) is 17.3 Å². The largest absolute Gasteiger partial charge is 0.355 e. The van der Waals surface area contributed by atoms with Gasteiger partial charge in [0, 0.05) is 58.4 Å². The fourth-order valence-electron chi connectivity index (χ4n) is 4.27. The Kier molecular flexibility index (Phi) is 7.29. The third-order valence-electron chi connectivity index (χ3n) is 6.47. The molecule has 2 heterocycles. The summed E-state index contributed by atoms with van der Waals surface area (Å²) in [6.45, 7) is 5.87. The smallest absolute Gasteiger partial charge is 0.246 e. The van der Waals surface area contributed by atoms with Crippen LogP contribution in [0.15, 0.2) is 65.1 Å². The number of nitrogens with zero attached hydrogens (tertiary/aromatic N) is 3. The minimum atomic E-state index is -3.60. The van der Waals surface area contributed by atoms with Crippen LogP contribution < -0.4 is 5.32 Å². The first-order valence-corrected chi connectivity index (χ1v) is 12.8. The summed E-state index contributed by atoms with van der Waals surface area (Å²) in [6, 6.07) is 15.6. The third kappa shape index (κ3) is 5.52. The molecule has 0 bridgehead atoms. The molecular formula is C25H32N4O3S. The lowest BCUT2D eigenvalue weighted by Crippen LogP contribution is -2.43. The maximum absolute atomic E-state index is 13.0. The molecule has 176 valence electrons. The van der Waals surface area contributed by atoms with Crippen molar-refractivity contribution in [3.05, 3.63) is 65.7 Å². The van der Waals surface area contributed by atoms with Gasteiger partial charge in [-0.05, 0) is 42.3 Å². The third-order valence-corrected chi connectivity index (χ3v) is 8.35. The Morgan fingerprint density at radius 2 is 1.52 bits per heavy atom. The minimum absolute atomic E-state index is 0.147. The molecule has 1 saturated heterocycles. The van der Waals surface area contributed by atoms with Crippen molar-refractivity contribution in [3.63, 3.8) is 0 Å². The van der Waals surface area contributed by atoms with Crippen LogP contribution in [0.1, 0.15) is 12.0 Å². The second kappa shape index (κ2) is 10.2. The number of sulfonamides is 1. The second-order valence-corrected chi connectivity index (χ2v) is 10.7. The molecule has 33 heavy (non-hydrogen) atoms. The van der Waals surface area contributed by atoms with Gasteiger partial charge in [-0.1, -0.05) is 42.5 Å². The molecule has 0 unspecified atom stereocenters. The fourth-order valence-corrected chi connectivity index (χ4v) is 5.65. The quantitative estimate of drug-likeness (QED) is 0.704. The Morgan fingerprint density at radius 1 is 0.909 bits per heavy atom. The van der Waals surface area contributed by atoms with E-state index in [4.69, 9.17) is 0 Å². The number of benzene rings is 2. The summed E-state index contributed by atoms with van der Waals surface area (Å²) in [4.78, 5) is 16.8. The minimum Gasteiger partial charge on any atom is -0.355 e. The van der Waals surface area contributed by atoms with E-state index in [9.17, 15) is 13.2 Å². The number of hydrogen-bond acceptors (Lipinski definition) is 5. The summed E-state index contributed by atoms with van der Waals surface area (Å²) in [5, 5.41) is 2.59. The zero-order valence-electron chi connectivity index (χ0n) is 19.3. The van der Waals surface area contributed by atoms with Crippen LogP contribution in [0, 0.1) is 0 Å². The Balaban J connectivity index is 1.40. The van der Waals surface area contributed by atoms with Gasteiger partial charge in [-0.25, -0.2) is 8.42 Å². The summed E-state index contributed by atoms with van der Waals surface area (Å²) in [7, 11) is 0.145. The maximum atomic E-state index is 13.0. The molecule has 0 spiro atoms. The van der Waals surface area contributed by atoms with Gasteiger partial charge in [0.05, 0.1) is 4.90 Å². The first kappa shape index (κ1) is 23.6. The highest BCUT2D eigenvalue weighted by Crippen LogP contribution is 2.25. The normalized spacial score (nSPS) is 18.7. The first-order chi connectivity index (χ1) is 15.9. The molecule has 2 aromatic rings. The lowest BCUT2D eigenvalue weighted by molar-refractivity contribution is -0.117. The predicted octanol–water partition coefficient (Wildman–Crippen LogP) is 2.17. The topological polar surface area (TPSA) is 73.0 Å². The van der Waals surface area contributed by atoms with Crippen LogP contribution >= 0.6 is 0 Å². The molecule has 2 aliphatic heterocycles. The zero-order valence-corrected chi connectivity index (χ0v) is 20.1. The lowest BCUT2D eigenvalue weighted by atomic mass is 10.0. The number of piperazine rings is 1. The summed E-state index contributed by atoms with van der Waals surface area (Å²) in [6.07, 6.45) is 2.11. The molecule has 1 N–H and O–H groups in total. The van der Waals surface area contributed by atoms with Crippen molar-refractivity contribution >= 4 is 15.9 Å². The highest BCUT2D eigenvalue weighted by atomic mass is 32.2. The molecule has 0 aliphatic carbocycles. The van der Waals surface area contributed by atoms with Crippen molar-refractivity contribution < 1.29 is 13.2 Å². The summed E-state index contributed by atoms with van der Waals surface area (Å²) in [5.74, 6) is -0.147. The maximum Gasteiger partial charge on any atom is 0.246 e. The molecule has 1 amide bonds. The van der Waals surface area contributed by atoms with E-state index >= 15 is 0 Å². The highest BCUT2D eigenvalue weighted by molar-refractivity contribution is 7.89. The average molecular weight is 469 g/mol. The Bertz CT molecular complexity index is 1100. The standard InChI is InChI=1S/C25H32N4O3S/c1-26-25(30)23-11-13-29(14-12-23)33(31,32)24-9-7-22(8-10-24)21-5-3-20(4-6-21)19-28-17-15-27(2)16-18-28/h3-11H,12-19H2,1-2H3,(H,26,30). The Morgan fingerprint density at radius 3 is 2.06 bits per heavy atom. The van der Waals surface area contributed by atoms with E-state index in [1.165, 1.54) is 9.87 Å². The fraction of sp³-hybridized carbons (Fsp3) is 0.400. The lowest BCUT2D eigenvalue weighted by Gasteiger charge is -2.32. The molecule has 7 nitrogen and oxygen atoms in total. The molecule has 4 rings (SSSR count). The Hall–Kier alpha value is -2.52. The number of likely N-dealkylation sites (N-methyl/N-ethyl adjacent to an activating group) is 2. The van der Waals surface area contributed by atoms with Gasteiger partial charge in [0.1, 0.15) is 0 Å². The molecule has 2 aromatic carbocycles. The van der Waals surface area contributed by atoms with Crippen LogP contribution in [0.3, 0.4) is 0 Å². The molecule has 0 saturated carbocycles. The molecule has 1 fully saturated rings. The molecular weight excluding hydrogens is 436 g/mol. The first-order valence-electron chi connectivity index (χ1n) is 11.4. The van der Waals surface area contributed by atoms with E-state index in [1.807, 2.05) is 12.1 Å². The number of amides is 1. The SMILES string of the molecule is CNC(=O)C1=CCN(S(=O)(=O)c2ccc(-c3ccc(CN4CCN(C)CC4)cc3)cc2)CC1. The van der Waals surface area contributed by atoms with Crippen molar-refractivity contribution in [1.29, 1.82) is 0 Å². The van der Waals surface area contributed by atoms with E-state index in [0.29, 0.717) is 18.5 Å². The van der Waals surface area contributed by atoms with Crippen molar-refractivity contribution in [2.75, 3.05) is 53.4 Å². The number of carbonyl (C=O) groups is 1. The molecule has 0 aromatic heterocycles. The van der Waals surface area contributed by atoms with Crippen LogP contribution in [0.4, 0.5) is 0 Å². The van der Waals surface area contributed by atoms with Gasteiger partial charge in [0.25, 0.3) is 0 Å². The number of rotatable bonds is 6. The van der Waals surface area contributed by atoms with Gasteiger partial charge in [-0.15, -0.1) is 0 Å². The van der Waals surface area contributed by atoms with E-state index in [1.54, 1.807) is 25.3 Å². The van der Waals surface area contributed by atoms with Crippen LogP contribution in [0.2, 0.25) is 0 Å². The zero-order chi connectivity index (χ0) is 23.4. The van der Waals surface area contributed by atoms with Crippen LogP contribution in [-0.4, -0.2) is 81.8 Å². The van der Waals surface area contributed by atoms with Crippen LogP contribution in [-0.2, 0) is 21.4 Å². The Labute approximate surface area is 196 Å². The van der Waals surface area contributed by atoms with Crippen LogP contribution in [0.25, 0.3) is 11.1 Å². The van der Waals surface area contributed by atoms with Gasteiger partial charge in [-0.2, -0.15) is 4.31 Å². The predicted molar refractivity (Wildman–Crippen MR) is 130 cm³/mol. The van der Waals surface area contributed by atoms with E-state index in [0.717, 1.165) is 43.9 Å². The summed E-state index contributed by atoms with van der Waals surface area (Å²) < 4.78 is 27.5. The van der Waals surface area contributed by atoms with Crippen molar-refractivity contribution in [2.45, 2.75) is 17.9 Å². The van der Waals surface area contributed by atoms with Gasteiger partial charge in [0.15, 0.2) is 0 Å². The van der Waals surface area contributed by atoms with Gasteiger partial charge < -0.3 is 10.2 Å². The summed E-state index contributed by atoms with van der Waals surface area (Å²) >= 11 is 0. The summed E-state index contributed by atoms with van der Waals surface area (Å²) in [5.41, 5.74) is 3.98. The monoisotopic (exact) mass is 468 g/mol. The van der Waals surface area contributed by atoms with Gasteiger partial charge in [0.2, 0.25) is 15.9 Å². The molecule has 2 aliphatic rings. The van der Waals surface area contributed by atoms with Crippen molar-refractivity contribution in [2.24, 2.45) is 0 Å². The van der Waals surface area contributed by atoms with E-state index in [2.05, 4.69) is 46.4 Å². The number of hydrogen-bond donors (Lipinski definition) is 1. The number of nitrogens with one attached hydrogen (secondary N) is 1.